The number of nitrogens with zero attached hydrogens (tertiary/aromatic N) is 1. The molecule has 0 bridgehead atoms. The van der Waals surface area contributed by atoms with E-state index in [0.29, 0.717) is 23.0 Å². The van der Waals surface area contributed by atoms with Crippen molar-refractivity contribution in [2.24, 2.45) is 0 Å². The quantitative estimate of drug-likeness (QED) is 0.654. The molecule has 1 N–H and O–H groups in total. The van der Waals surface area contributed by atoms with Crippen molar-refractivity contribution in [2.75, 3.05) is 25.1 Å². The van der Waals surface area contributed by atoms with Crippen molar-refractivity contribution < 1.29 is 13.2 Å². The van der Waals surface area contributed by atoms with Crippen LogP contribution in [0.15, 0.2) is 41.3 Å². The summed E-state index contributed by atoms with van der Waals surface area (Å²) in [5.41, 5.74) is 4.24. The Hall–Kier alpha value is -2.05. The fourth-order valence-electron chi connectivity index (χ4n) is 4.10. The first-order valence-electron chi connectivity index (χ1n) is 10.3. The second-order valence-electron chi connectivity index (χ2n) is 8.14. The zero-order valence-corrected chi connectivity index (χ0v) is 18.8. The van der Waals surface area contributed by atoms with Gasteiger partial charge in [-0.05, 0) is 67.5 Å². The first-order valence-corrected chi connectivity index (χ1v) is 11.8. The number of hydrogen-bond donors (Lipinski definition) is 1. The molecule has 0 aromatic heterocycles. The summed E-state index contributed by atoms with van der Waals surface area (Å²) in [6, 6.07) is 12.5. The summed E-state index contributed by atoms with van der Waals surface area (Å²) in [5, 5.41) is 0. The minimum Gasteiger partial charge on any atom is -0.496 e. The molecule has 1 aliphatic heterocycles. The Morgan fingerprint density at radius 3 is 2.66 bits per heavy atom. The third-order valence-electron chi connectivity index (χ3n) is 5.66. The number of aryl methyl sites for hydroxylation is 1. The molecule has 0 fully saturated rings. The van der Waals surface area contributed by atoms with Crippen LogP contribution in [0, 0.1) is 6.92 Å². The van der Waals surface area contributed by atoms with Crippen molar-refractivity contribution >= 4 is 15.7 Å². The molecule has 1 aliphatic rings. The van der Waals surface area contributed by atoms with Gasteiger partial charge in [-0.15, -0.1) is 0 Å². The normalized spacial score (nSPS) is 16.3. The lowest BCUT2D eigenvalue weighted by atomic mass is 10.0. The standard InChI is InChI=1S/C23H32N2O3S/c1-16(2)20-15-23(17(3)13-22(20)28-5)29(26,27)24-11-8-12-25-18(4)14-19-9-6-7-10-21(19)25/h6-7,9-10,13,15-16,18,24H,8,11-12,14H2,1-5H3. The van der Waals surface area contributed by atoms with Crippen molar-refractivity contribution in [1.82, 2.24) is 4.72 Å². The Labute approximate surface area is 175 Å². The van der Waals surface area contributed by atoms with Gasteiger partial charge in [0.1, 0.15) is 5.75 Å². The van der Waals surface area contributed by atoms with Gasteiger partial charge in [-0.3, -0.25) is 0 Å². The van der Waals surface area contributed by atoms with Gasteiger partial charge in [-0.25, -0.2) is 13.1 Å². The Kier molecular flexibility index (Phi) is 6.54. The minimum atomic E-state index is -3.57. The van der Waals surface area contributed by atoms with E-state index in [2.05, 4.69) is 40.8 Å². The maximum atomic E-state index is 12.9. The van der Waals surface area contributed by atoms with E-state index in [-0.39, 0.29) is 5.92 Å². The van der Waals surface area contributed by atoms with Gasteiger partial charge in [0, 0.05) is 24.8 Å². The molecule has 0 saturated heterocycles. The zero-order chi connectivity index (χ0) is 21.2. The second kappa shape index (κ2) is 8.76. The molecule has 158 valence electrons. The average molecular weight is 417 g/mol. The van der Waals surface area contributed by atoms with Gasteiger partial charge in [-0.1, -0.05) is 32.0 Å². The largest absolute Gasteiger partial charge is 0.496 e. The van der Waals surface area contributed by atoms with Crippen LogP contribution in [0.3, 0.4) is 0 Å². The molecular weight excluding hydrogens is 384 g/mol. The van der Waals surface area contributed by atoms with Crippen LogP contribution in [0.2, 0.25) is 0 Å². The smallest absolute Gasteiger partial charge is 0.240 e. The number of sulfonamides is 1. The fraction of sp³-hybridized carbons (Fsp3) is 0.478. The maximum absolute atomic E-state index is 12.9. The lowest BCUT2D eigenvalue weighted by Crippen LogP contribution is -2.33. The Bertz CT molecular complexity index is 970. The summed E-state index contributed by atoms with van der Waals surface area (Å²) in [7, 11) is -1.95. The molecule has 1 unspecified atom stereocenters. The van der Waals surface area contributed by atoms with Crippen LogP contribution in [-0.4, -0.2) is 34.7 Å². The minimum absolute atomic E-state index is 0.177. The number of para-hydroxylation sites is 1. The van der Waals surface area contributed by atoms with Gasteiger partial charge in [-0.2, -0.15) is 0 Å². The van der Waals surface area contributed by atoms with Crippen LogP contribution in [0.25, 0.3) is 0 Å². The monoisotopic (exact) mass is 416 g/mol. The van der Waals surface area contributed by atoms with E-state index in [1.807, 2.05) is 26.8 Å². The molecule has 0 amide bonds. The van der Waals surface area contributed by atoms with Gasteiger partial charge in [0.2, 0.25) is 10.0 Å². The van der Waals surface area contributed by atoms with Gasteiger partial charge in [0.25, 0.3) is 0 Å². The van der Waals surface area contributed by atoms with E-state index in [1.54, 1.807) is 13.2 Å². The Balaban J connectivity index is 1.66. The molecule has 1 atom stereocenters. The van der Waals surface area contributed by atoms with Gasteiger partial charge < -0.3 is 9.64 Å². The third-order valence-corrected chi connectivity index (χ3v) is 7.26. The van der Waals surface area contributed by atoms with Gasteiger partial charge >= 0.3 is 0 Å². The summed E-state index contributed by atoms with van der Waals surface area (Å²) in [6.45, 7) is 9.34. The van der Waals surface area contributed by atoms with Crippen molar-refractivity contribution in [3.8, 4) is 5.75 Å². The van der Waals surface area contributed by atoms with Crippen LogP contribution in [0.4, 0.5) is 5.69 Å². The first kappa shape index (κ1) is 21.7. The molecule has 1 heterocycles. The molecule has 2 aromatic rings. The number of methoxy groups -OCH3 is 1. The number of rotatable bonds is 8. The molecule has 0 aliphatic carbocycles. The van der Waals surface area contributed by atoms with Crippen molar-refractivity contribution in [3.05, 3.63) is 53.1 Å². The highest BCUT2D eigenvalue weighted by Gasteiger charge is 2.25. The van der Waals surface area contributed by atoms with Crippen LogP contribution in [0.5, 0.6) is 5.75 Å². The van der Waals surface area contributed by atoms with Crippen molar-refractivity contribution in [1.29, 1.82) is 0 Å². The van der Waals surface area contributed by atoms with E-state index < -0.39 is 10.0 Å². The topological polar surface area (TPSA) is 58.6 Å². The summed E-state index contributed by atoms with van der Waals surface area (Å²) >= 11 is 0. The number of hydrogen-bond acceptors (Lipinski definition) is 4. The number of fused-ring (bicyclic) bond motifs is 1. The van der Waals surface area contributed by atoms with E-state index in [0.717, 1.165) is 30.7 Å². The molecule has 0 saturated carbocycles. The molecular formula is C23H32N2O3S. The van der Waals surface area contributed by atoms with Crippen LogP contribution >= 0.6 is 0 Å². The van der Waals surface area contributed by atoms with Crippen LogP contribution < -0.4 is 14.4 Å². The van der Waals surface area contributed by atoms with E-state index >= 15 is 0 Å². The first-order chi connectivity index (χ1) is 13.7. The van der Waals surface area contributed by atoms with Crippen LogP contribution in [0.1, 0.15) is 49.8 Å². The SMILES string of the molecule is COc1cc(C)c(S(=O)(=O)NCCCN2c3ccccc3CC2C)cc1C(C)C. The lowest BCUT2D eigenvalue weighted by Gasteiger charge is -2.25. The number of nitrogens with one attached hydrogen (secondary N) is 1. The molecule has 5 nitrogen and oxygen atoms in total. The third kappa shape index (κ3) is 4.59. The predicted octanol–water partition coefficient (Wildman–Crippen LogP) is 4.25. The molecule has 6 heteroatoms. The van der Waals surface area contributed by atoms with Crippen molar-refractivity contribution in [2.45, 2.75) is 57.4 Å². The second-order valence-corrected chi connectivity index (χ2v) is 9.88. The molecule has 2 aromatic carbocycles. The highest BCUT2D eigenvalue weighted by atomic mass is 32.2. The number of anilines is 1. The highest BCUT2D eigenvalue weighted by molar-refractivity contribution is 7.89. The predicted molar refractivity (Wildman–Crippen MR) is 119 cm³/mol. The molecule has 3 rings (SSSR count). The highest BCUT2D eigenvalue weighted by Crippen LogP contribution is 2.32. The zero-order valence-electron chi connectivity index (χ0n) is 18.0. The van der Waals surface area contributed by atoms with Gasteiger partial charge in [0.15, 0.2) is 0 Å². The van der Waals surface area contributed by atoms with Crippen LogP contribution in [-0.2, 0) is 16.4 Å². The summed E-state index contributed by atoms with van der Waals surface area (Å²) < 4.78 is 34.1. The summed E-state index contributed by atoms with van der Waals surface area (Å²) in [6.07, 6.45) is 1.80. The summed E-state index contributed by atoms with van der Waals surface area (Å²) in [5.74, 6) is 0.911. The average Bonchev–Trinajstić information content (AvgIpc) is 2.99. The maximum Gasteiger partial charge on any atom is 0.240 e. The lowest BCUT2D eigenvalue weighted by molar-refractivity contribution is 0.406. The molecule has 0 radical (unpaired) electrons. The molecule has 29 heavy (non-hydrogen) atoms. The Morgan fingerprint density at radius 2 is 1.97 bits per heavy atom. The van der Waals surface area contributed by atoms with Gasteiger partial charge in [0.05, 0.1) is 12.0 Å². The summed E-state index contributed by atoms with van der Waals surface area (Å²) in [4.78, 5) is 2.71. The number of ether oxygens (including phenoxy) is 1. The fourth-order valence-corrected chi connectivity index (χ4v) is 5.43. The molecule has 0 spiro atoms. The van der Waals surface area contributed by atoms with Crippen molar-refractivity contribution in [3.63, 3.8) is 0 Å². The van der Waals surface area contributed by atoms with E-state index in [1.165, 1.54) is 11.3 Å². The van der Waals surface area contributed by atoms with E-state index in [9.17, 15) is 8.42 Å². The number of benzene rings is 2. The Morgan fingerprint density at radius 1 is 1.24 bits per heavy atom. The van der Waals surface area contributed by atoms with E-state index in [4.69, 9.17) is 4.74 Å².